The fourth-order valence-electron chi connectivity index (χ4n) is 1.76. The van der Waals surface area contributed by atoms with Crippen molar-refractivity contribution < 1.29 is 9.53 Å². The van der Waals surface area contributed by atoms with E-state index in [0.29, 0.717) is 11.3 Å². The minimum Gasteiger partial charge on any atom is -0.457 e. The Kier molecular flexibility index (Phi) is 3.85. The van der Waals surface area contributed by atoms with Crippen LogP contribution in [0.1, 0.15) is 28.4 Å². The van der Waals surface area contributed by atoms with E-state index < -0.39 is 0 Å². The number of hydrogen-bond acceptors (Lipinski definition) is 4. The fraction of sp³-hybridized carbons (Fsp3) is 0.286. The molecule has 2 aromatic rings. The Morgan fingerprint density at radius 2 is 2.26 bits per heavy atom. The third-order valence-electron chi connectivity index (χ3n) is 2.98. The van der Waals surface area contributed by atoms with Gasteiger partial charge in [0, 0.05) is 24.0 Å². The lowest BCUT2D eigenvalue weighted by Gasteiger charge is -2.07. The first-order chi connectivity index (χ1) is 9.11. The van der Waals surface area contributed by atoms with Crippen LogP contribution in [0.25, 0.3) is 0 Å². The molecule has 0 saturated carbocycles. The topological polar surface area (TPSA) is 70.1 Å². The highest BCUT2D eigenvalue weighted by molar-refractivity contribution is 5.92. The van der Waals surface area contributed by atoms with Crippen LogP contribution in [0.3, 0.4) is 0 Å². The van der Waals surface area contributed by atoms with Gasteiger partial charge in [-0.1, -0.05) is 6.07 Å². The summed E-state index contributed by atoms with van der Waals surface area (Å²) in [5, 5.41) is 4.12. The molecule has 0 fully saturated rings. The Hall–Kier alpha value is -2.30. The average Bonchev–Trinajstić information content (AvgIpc) is 2.87. The predicted molar refractivity (Wildman–Crippen MR) is 72.6 cm³/mol. The molecule has 100 valence electrons. The number of rotatable bonds is 4. The first-order valence-corrected chi connectivity index (χ1v) is 6.15. The number of carbonyl (C=O) groups is 1. The van der Waals surface area contributed by atoms with Crippen LogP contribution >= 0.6 is 0 Å². The summed E-state index contributed by atoms with van der Waals surface area (Å²) in [5.41, 5.74) is 8.48. The number of aromatic nitrogens is 2. The van der Waals surface area contributed by atoms with Gasteiger partial charge < -0.3 is 10.5 Å². The molecule has 5 nitrogen and oxygen atoms in total. The maximum atomic E-state index is 12.0. The number of carbonyl (C=O) groups excluding carboxylic acids is 1. The van der Waals surface area contributed by atoms with E-state index in [1.165, 1.54) is 0 Å². The molecule has 0 aliphatic heterocycles. The summed E-state index contributed by atoms with van der Waals surface area (Å²) in [5.74, 6) is -0.367. The van der Waals surface area contributed by atoms with E-state index in [4.69, 9.17) is 10.5 Å². The van der Waals surface area contributed by atoms with E-state index in [2.05, 4.69) is 5.10 Å². The Morgan fingerprint density at radius 3 is 2.95 bits per heavy atom. The Morgan fingerprint density at radius 1 is 1.47 bits per heavy atom. The van der Waals surface area contributed by atoms with Gasteiger partial charge in [0.15, 0.2) is 0 Å². The van der Waals surface area contributed by atoms with E-state index in [-0.39, 0.29) is 12.6 Å². The van der Waals surface area contributed by atoms with Crippen molar-refractivity contribution in [2.24, 2.45) is 0 Å². The molecule has 0 radical (unpaired) electrons. The number of benzene rings is 1. The van der Waals surface area contributed by atoms with Crippen molar-refractivity contribution in [3.8, 4) is 0 Å². The summed E-state index contributed by atoms with van der Waals surface area (Å²) >= 11 is 0. The minimum atomic E-state index is -0.367. The average molecular weight is 259 g/mol. The molecule has 0 amide bonds. The fourth-order valence-corrected chi connectivity index (χ4v) is 1.76. The van der Waals surface area contributed by atoms with Crippen molar-refractivity contribution >= 4 is 11.7 Å². The summed E-state index contributed by atoms with van der Waals surface area (Å²) in [4.78, 5) is 12.0. The van der Waals surface area contributed by atoms with Gasteiger partial charge in [-0.3, -0.25) is 4.68 Å². The lowest BCUT2D eigenvalue weighted by atomic mass is 10.1. The van der Waals surface area contributed by atoms with E-state index in [0.717, 1.165) is 17.7 Å². The van der Waals surface area contributed by atoms with Gasteiger partial charge in [0.2, 0.25) is 0 Å². The zero-order valence-corrected chi connectivity index (χ0v) is 11.1. The number of ether oxygens (including phenoxy) is 1. The smallest absolute Gasteiger partial charge is 0.338 e. The van der Waals surface area contributed by atoms with Crippen molar-refractivity contribution in [2.45, 2.75) is 27.0 Å². The second-order valence-corrected chi connectivity index (χ2v) is 4.30. The molecule has 2 N–H and O–H groups in total. The van der Waals surface area contributed by atoms with Gasteiger partial charge in [-0.25, -0.2) is 4.79 Å². The van der Waals surface area contributed by atoms with Gasteiger partial charge in [0.1, 0.15) is 6.61 Å². The number of nitrogens with two attached hydrogens (primary N) is 1. The lowest BCUT2D eigenvalue weighted by molar-refractivity contribution is 0.0472. The van der Waals surface area contributed by atoms with Crippen LogP contribution in [0.2, 0.25) is 0 Å². The molecule has 0 unspecified atom stereocenters. The predicted octanol–water partition coefficient (Wildman–Crippen LogP) is 2.15. The van der Waals surface area contributed by atoms with Gasteiger partial charge in [0.05, 0.1) is 11.8 Å². The van der Waals surface area contributed by atoms with Gasteiger partial charge in [-0.2, -0.15) is 5.10 Å². The highest BCUT2D eigenvalue weighted by Crippen LogP contribution is 2.17. The number of nitrogens with zero attached hydrogens (tertiary/aromatic N) is 2. The quantitative estimate of drug-likeness (QED) is 0.674. The maximum absolute atomic E-state index is 12.0. The molecule has 0 bridgehead atoms. The number of esters is 1. The number of aryl methyl sites for hydroxylation is 1. The van der Waals surface area contributed by atoms with Gasteiger partial charge in [-0.15, -0.1) is 0 Å². The molecular weight excluding hydrogens is 242 g/mol. The molecular formula is C14H17N3O2. The third-order valence-corrected chi connectivity index (χ3v) is 2.98. The summed E-state index contributed by atoms with van der Waals surface area (Å²) in [6, 6.07) is 5.22. The van der Waals surface area contributed by atoms with Gasteiger partial charge >= 0.3 is 5.97 Å². The second kappa shape index (κ2) is 5.56. The third kappa shape index (κ3) is 2.93. The second-order valence-electron chi connectivity index (χ2n) is 4.30. The Bertz CT molecular complexity index is 590. The molecule has 0 saturated heterocycles. The Balaban J connectivity index is 2.03. The normalized spacial score (nSPS) is 10.4. The molecule has 1 aromatic carbocycles. The lowest BCUT2D eigenvalue weighted by Crippen LogP contribution is -2.08. The van der Waals surface area contributed by atoms with Gasteiger partial charge in [0.25, 0.3) is 0 Å². The highest BCUT2D eigenvalue weighted by atomic mass is 16.5. The molecule has 0 aliphatic carbocycles. The van der Waals surface area contributed by atoms with Crippen molar-refractivity contribution in [3.05, 3.63) is 47.3 Å². The van der Waals surface area contributed by atoms with Crippen LogP contribution in [-0.2, 0) is 17.9 Å². The Labute approximate surface area is 112 Å². The molecule has 1 aromatic heterocycles. The molecule has 1 heterocycles. The molecule has 19 heavy (non-hydrogen) atoms. The first kappa shape index (κ1) is 13.1. The highest BCUT2D eigenvalue weighted by Gasteiger charge is 2.12. The number of anilines is 1. The van der Waals surface area contributed by atoms with Gasteiger partial charge in [-0.05, 0) is 31.5 Å². The molecule has 0 atom stereocenters. The summed E-state index contributed by atoms with van der Waals surface area (Å²) in [6.07, 6.45) is 3.56. The standard InChI is InChI=1S/C14H17N3O2/c1-3-17-8-11(7-16-17)9-19-14(18)12-5-4-6-13(15)10(12)2/h4-8H,3,9,15H2,1-2H3. The zero-order chi connectivity index (χ0) is 13.8. The minimum absolute atomic E-state index is 0.215. The summed E-state index contributed by atoms with van der Waals surface area (Å²) < 4.78 is 7.05. The molecule has 0 aliphatic rings. The SMILES string of the molecule is CCn1cc(COC(=O)c2cccc(N)c2C)cn1. The van der Waals surface area contributed by atoms with Crippen LogP contribution in [0.5, 0.6) is 0 Å². The molecule has 2 rings (SSSR count). The van der Waals surface area contributed by atoms with Crippen molar-refractivity contribution in [3.63, 3.8) is 0 Å². The molecule has 0 spiro atoms. The maximum Gasteiger partial charge on any atom is 0.338 e. The first-order valence-electron chi connectivity index (χ1n) is 6.15. The van der Waals surface area contributed by atoms with E-state index in [1.807, 2.05) is 13.1 Å². The van der Waals surface area contributed by atoms with Crippen LogP contribution < -0.4 is 5.73 Å². The monoisotopic (exact) mass is 259 g/mol. The van der Waals surface area contributed by atoms with E-state index in [1.54, 1.807) is 36.0 Å². The van der Waals surface area contributed by atoms with Crippen LogP contribution in [0.15, 0.2) is 30.6 Å². The molecule has 5 heteroatoms. The van der Waals surface area contributed by atoms with Crippen molar-refractivity contribution in [2.75, 3.05) is 5.73 Å². The van der Waals surface area contributed by atoms with Crippen LogP contribution in [-0.4, -0.2) is 15.7 Å². The summed E-state index contributed by atoms with van der Waals surface area (Å²) in [7, 11) is 0. The largest absolute Gasteiger partial charge is 0.457 e. The zero-order valence-electron chi connectivity index (χ0n) is 11.1. The van der Waals surface area contributed by atoms with Crippen molar-refractivity contribution in [1.29, 1.82) is 0 Å². The number of nitrogen functional groups attached to an aromatic ring is 1. The van der Waals surface area contributed by atoms with E-state index >= 15 is 0 Å². The number of hydrogen-bond donors (Lipinski definition) is 1. The van der Waals surface area contributed by atoms with Crippen LogP contribution in [0.4, 0.5) is 5.69 Å². The summed E-state index contributed by atoms with van der Waals surface area (Å²) in [6.45, 7) is 4.81. The van der Waals surface area contributed by atoms with E-state index in [9.17, 15) is 4.79 Å². The van der Waals surface area contributed by atoms with Crippen molar-refractivity contribution in [1.82, 2.24) is 9.78 Å². The van der Waals surface area contributed by atoms with Crippen LogP contribution in [0, 0.1) is 6.92 Å².